The summed E-state index contributed by atoms with van der Waals surface area (Å²) < 4.78 is 0. The maximum atomic E-state index is 11.9. The number of rotatable bonds is 4. The summed E-state index contributed by atoms with van der Waals surface area (Å²) in [5.74, 6) is -1.89. The minimum Gasteiger partial charge on any atom is -0.370 e. The lowest BCUT2D eigenvalue weighted by atomic mass is 10.1. The molecule has 1 aliphatic heterocycles. The Balaban J connectivity index is 0.00000242. The van der Waals surface area contributed by atoms with Crippen molar-refractivity contribution in [2.75, 3.05) is 0 Å². The lowest BCUT2D eigenvalue weighted by molar-refractivity contribution is -0.172. The second kappa shape index (κ2) is 7.41. The quantitative estimate of drug-likeness (QED) is 0.459. The molecule has 0 saturated carbocycles. The number of nitrogens with two attached hydrogens (primary N) is 2. The minimum atomic E-state index is -0.787. The first-order valence-electron chi connectivity index (χ1n) is 6.20. The molecule has 1 aromatic rings. The minimum absolute atomic E-state index is 0. The van der Waals surface area contributed by atoms with Crippen molar-refractivity contribution < 1.29 is 19.2 Å². The molecule has 4 N–H and O–H groups in total. The Morgan fingerprint density at radius 3 is 2.45 bits per heavy atom. The van der Waals surface area contributed by atoms with E-state index >= 15 is 0 Å². The van der Waals surface area contributed by atoms with Gasteiger partial charge in [0.15, 0.2) is 5.96 Å². The number of hydroxylamine groups is 2. The second-order valence-corrected chi connectivity index (χ2v) is 4.40. The maximum absolute atomic E-state index is 11.9. The largest absolute Gasteiger partial charge is 0.370 e. The van der Waals surface area contributed by atoms with Gasteiger partial charge in [-0.25, -0.2) is 9.79 Å². The van der Waals surface area contributed by atoms with E-state index in [0.717, 1.165) is 0 Å². The number of nitrogens with zero attached hydrogens (tertiary/aromatic N) is 2. The summed E-state index contributed by atoms with van der Waals surface area (Å²) in [6.45, 7) is 0.213. The van der Waals surface area contributed by atoms with E-state index in [1.54, 1.807) is 12.1 Å². The van der Waals surface area contributed by atoms with E-state index in [-0.39, 0.29) is 43.3 Å². The van der Waals surface area contributed by atoms with Crippen LogP contribution in [0.1, 0.15) is 28.8 Å². The van der Waals surface area contributed by atoms with E-state index in [1.807, 2.05) is 0 Å². The number of benzene rings is 1. The number of hydrogen-bond acceptors (Lipinski definition) is 5. The van der Waals surface area contributed by atoms with Crippen molar-refractivity contribution in [3.8, 4) is 0 Å². The van der Waals surface area contributed by atoms with Crippen molar-refractivity contribution in [1.29, 1.82) is 0 Å². The Morgan fingerprint density at radius 1 is 1.23 bits per heavy atom. The normalized spacial score (nSPS) is 13.5. The lowest BCUT2D eigenvalue weighted by Gasteiger charge is -2.12. The van der Waals surface area contributed by atoms with Crippen LogP contribution in [0.25, 0.3) is 0 Å². The van der Waals surface area contributed by atoms with Crippen LogP contribution in [0.15, 0.2) is 29.3 Å². The molecule has 22 heavy (non-hydrogen) atoms. The predicted molar refractivity (Wildman–Crippen MR) is 79.7 cm³/mol. The van der Waals surface area contributed by atoms with E-state index in [1.165, 1.54) is 12.1 Å². The third kappa shape index (κ3) is 4.19. The Morgan fingerprint density at radius 2 is 1.86 bits per heavy atom. The number of carbonyl (C=O) groups is 3. The summed E-state index contributed by atoms with van der Waals surface area (Å²) in [5, 5.41) is 0.505. The summed E-state index contributed by atoms with van der Waals surface area (Å²) in [5.41, 5.74) is 11.4. The van der Waals surface area contributed by atoms with Crippen LogP contribution in [0, 0.1) is 0 Å². The van der Waals surface area contributed by atoms with E-state index < -0.39 is 17.8 Å². The molecule has 0 bridgehead atoms. The summed E-state index contributed by atoms with van der Waals surface area (Å²) in [6, 6.07) is 6.39. The number of imide groups is 1. The average Bonchev–Trinajstić information content (AvgIpc) is 2.77. The fourth-order valence-corrected chi connectivity index (χ4v) is 1.77. The molecule has 9 heteroatoms. The molecule has 1 aromatic carbocycles. The highest BCUT2D eigenvalue weighted by Gasteiger charge is 2.33. The summed E-state index contributed by atoms with van der Waals surface area (Å²) in [4.78, 5) is 43.3. The molecular formula is C13H15ClN4O4. The van der Waals surface area contributed by atoms with Crippen molar-refractivity contribution >= 4 is 36.2 Å². The fraction of sp³-hybridized carbons (Fsp3) is 0.231. The molecule has 0 radical (unpaired) electrons. The van der Waals surface area contributed by atoms with E-state index in [9.17, 15) is 14.4 Å². The average molecular weight is 327 g/mol. The molecule has 118 valence electrons. The van der Waals surface area contributed by atoms with E-state index in [0.29, 0.717) is 10.6 Å². The van der Waals surface area contributed by atoms with Gasteiger partial charge in [0.2, 0.25) is 0 Å². The molecule has 1 saturated heterocycles. The molecule has 1 fully saturated rings. The van der Waals surface area contributed by atoms with Gasteiger partial charge in [-0.3, -0.25) is 9.59 Å². The Bertz CT molecular complexity index is 612. The zero-order chi connectivity index (χ0) is 15.4. The van der Waals surface area contributed by atoms with Crippen LogP contribution >= 0.6 is 12.4 Å². The summed E-state index contributed by atoms with van der Waals surface area (Å²) in [6.07, 6.45) is 0.104. The van der Waals surface area contributed by atoms with E-state index in [4.69, 9.17) is 16.3 Å². The molecule has 0 aliphatic carbocycles. The molecular weight excluding hydrogens is 312 g/mol. The van der Waals surface area contributed by atoms with Crippen LogP contribution in [-0.2, 0) is 21.0 Å². The van der Waals surface area contributed by atoms with Crippen molar-refractivity contribution in [3.05, 3.63) is 35.4 Å². The molecule has 2 rings (SSSR count). The maximum Gasteiger partial charge on any atom is 0.363 e. The van der Waals surface area contributed by atoms with Gasteiger partial charge in [0, 0.05) is 12.8 Å². The molecule has 1 aliphatic rings. The first-order valence-corrected chi connectivity index (χ1v) is 6.20. The smallest absolute Gasteiger partial charge is 0.363 e. The van der Waals surface area contributed by atoms with Crippen LogP contribution in [0.5, 0.6) is 0 Å². The van der Waals surface area contributed by atoms with Gasteiger partial charge in [-0.15, -0.1) is 17.5 Å². The number of hydrogen-bond donors (Lipinski definition) is 2. The monoisotopic (exact) mass is 326 g/mol. The van der Waals surface area contributed by atoms with Crippen LogP contribution < -0.4 is 11.5 Å². The lowest BCUT2D eigenvalue weighted by Crippen LogP contribution is -2.32. The standard InChI is InChI=1S/C13H14N4O4.ClH/c14-13(15)16-7-8-2-1-3-9(6-8)12(20)21-17-10(18)4-5-11(17)19;/h1-3,6H,4-5,7H2,(H4,14,15,16);1H. The first-order chi connectivity index (χ1) is 9.97. The van der Waals surface area contributed by atoms with Crippen molar-refractivity contribution in [2.24, 2.45) is 16.5 Å². The number of amides is 2. The van der Waals surface area contributed by atoms with Crippen LogP contribution in [0.3, 0.4) is 0 Å². The van der Waals surface area contributed by atoms with Gasteiger partial charge in [-0.1, -0.05) is 12.1 Å². The number of carbonyl (C=O) groups excluding carboxylic acids is 3. The Hall–Kier alpha value is -2.61. The van der Waals surface area contributed by atoms with Crippen LogP contribution in [-0.4, -0.2) is 28.8 Å². The number of halogens is 1. The third-order valence-electron chi connectivity index (χ3n) is 2.79. The van der Waals surface area contributed by atoms with Gasteiger partial charge < -0.3 is 16.3 Å². The SMILES string of the molecule is Cl.NC(N)=NCc1cccc(C(=O)ON2C(=O)CCC2=O)c1. The molecule has 0 aromatic heterocycles. The summed E-state index contributed by atoms with van der Waals surface area (Å²) in [7, 11) is 0. The Kier molecular flexibility index (Phi) is 5.88. The van der Waals surface area contributed by atoms with Crippen molar-refractivity contribution in [2.45, 2.75) is 19.4 Å². The Labute approximate surface area is 132 Å². The fourth-order valence-electron chi connectivity index (χ4n) is 1.77. The highest BCUT2D eigenvalue weighted by atomic mass is 35.5. The van der Waals surface area contributed by atoms with Gasteiger partial charge in [0.1, 0.15) is 0 Å². The van der Waals surface area contributed by atoms with Gasteiger partial charge in [-0.05, 0) is 17.7 Å². The predicted octanol–water partition coefficient (Wildman–Crippen LogP) is 0.103. The number of aliphatic imine (C=N–C) groups is 1. The molecule has 2 amide bonds. The highest BCUT2D eigenvalue weighted by Crippen LogP contribution is 2.15. The zero-order valence-corrected chi connectivity index (χ0v) is 12.3. The van der Waals surface area contributed by atoms with Gasteiger partial charge in [0.25, 0.3) is 11.8 Å². The van der Waals surface area contributed by atoms with Crippen molar-refractivity contribution in [1.82, 2.24) is 5.06 Å². The van der Waals surface area contributed by atoms with Crippen molar-refractivity contribution in [3.63, 3.8) is 0 Å². The molecule has 0 spiro atoms. The van der Waals surface area contributed by atoms with Crippen LogP contribution in [0.2, 0.25) is 0 Å². The molecule has 0 unspecified atom stereocenters. The van der Waals surface area contributed by atoms with E-state index in [2.05, 4.69) is 4.99 Å². The first kappa shape index (κ1) is 17.4. The molecule has 1 heterocycles. The topological polar surface area (TPSA) is 128 Å². The second-order valence-electron chi connectivity index (χ2n) is 4.40. The number of guanidine groups is 1. The molecule has 0 atom stereocenters. The highest BCUT2D eigenvalue weighted by molar-refractivity contribution is 6.02. The zero-order valence-electron chi connectivity index (χ0n) is 11.5. The van der Waals surface area contributed by atoms with Gasteiger partial charge in [-0.2, -0.15) is 0 Å². The molecule has 8 nitrogen and oxygen atoms in total. The summed E-state index contributed by atoms with van der Waals surface area (Å²) >= 11 is 0. The third-order valence-corrected chi connectivity index (χ3v) is 2.79. The van der Waals surface area contributed by atoms with Gasteiger partial charge in [0.05, 0.1) is 12.1 Å². The van der Waals surface area contributed by atoms with Gasteiger partial charge >= 0.3 is 5.97 Å². The van der Waals surface area contributed by atoms with Crippen LogP contribution in [0.4, 0.5) is 0 Å².